The molecule has 0 bridgehead atoms. The van der Waals surface area contributed by atoms with E-state index in [0.29, 0.717) is 5.41 Å². The Morgan fingerprint density at radius 2 is 1.87 bits per heavy atom. The maximum atomic E-state index is 3.53. The number of hydrogen-bond donors (Lipinski definition) is 1. The normalized spacial score (nSPS) is 37.0. The van der Waals surface area contributed by atoms with Gasteiger partial charge in [-0.1, -0.05) is 13.8 Å². The molecule has 0 aromatic heterocycles. The van der Waals surface area contributed by atoms with Crippen molar-refractivity contribution in [2.75, 3.05) is 32.4 Å². The Kier molecular flexibility index (Phi) is 3.63. The third-order valence-electron chi connectivity index (χ3n) is 4.05. The van der Waals surface area contributed by atoms with Crippen LogP contribution in [0.15, 0.2) is 0 Å². The van der Waals surface area contributed by atoms with Gasteiger partial charge in [0.15, 0.2) is 0 Å². The number of thioether (sulfide) groups is 1. The molecule has 0 amide bonds. The van der Waals surface area contributed by atoms with Crippen molar-refractivity contribution in [3.05, 3.63) is 0 Å². The Morgan fingerprint density at radius 3 is 2.47 bits per heavy atom. The van der Waals surface area contributed by atoms with Gasteiger partial charge in [-0.3, -0.25) is 4.90 Å². The van der Waals surface area contributed by atoms with Gasteiger partial charge in [-0.2, -0.15) is 11.8 Å². The highest BCUT2D eigenvalue weighted by Crippen LogP contribution is 2.32. The van der Waals surface area contributed by atoms with Gasteiger partial charge < -0.3 is 5.32 Å². The Bertz CT molecular complexity index is 208. The number of nitrogens with zero attached hydrogens (tertiary/aromatic N) is 1. The van der Waals surface area contributed by atoms with Crippen molar-refractivity contribution >= 4 is 11.8 Å². The van der Waals surface area contributed by atoms with Gasteiger partial charge in [0.2, 0.25) is 0 Å². The molecule has 2 rings (SSSR count). The van der Waals surface area contributed by atoms with E-state index in [9.17, 15) is 0 Å². The molecule has 0 aliphatic carbocycles. The first kappa shape index (κ1) is 11.7. The molecule has 2 atom stereocenters. The molecule has 3 heteroatoms. The Balaban J connectivity index is 1.89. The van der Waals surface area contributed by atoms with Gasteiger partial charge in [-0.15, -0.1) is 0 Å². The van der Waals surface area contributed by atoms with Crippen LogP contribution < -0.4 is 5.32 Å². The zero-order valence-electron chi connectivity index (χ0n) is 10.3. The van der Waals surface area contributed by atoms with E-state index in [1.54, 1.807) is 0 Å². The van der Waals surface area contributed by atoms with Crippen LogP contribution in [0, 0.1) is 5.41 Å². The summed E-state index contributed by atoms with van der Waals surface area (Å²) in [6.07, 6.45) is 4.98. The van der Waals surface area contributed by atoms with E-state index in [1.165, 1.54) is 39.0 Å². The molecule has 2 aliphatic rings. The van der Waals surface area contributed by atoms with E-state index in [2.05, 4.69) is 30.3 Å². The van der Waals surface area contributed by atoms with Crippen LogP contribution in [0.5, 0.6) is 0 Å². The first-order chi connectivity index (χ1) is 7.12. The molecular weight excluding hydrogens is 204 g/mol. The summed E-state index contributed by atoms with van der Waals surface area (Å²) < 4.78 is 0. The summed E-state index contributed by atoms with van der Waals surface area (Å²) in [5.41, 5.74) is 0.581. The lowest BCUT2D eigenvalue weighted by Gasteiger charge is -2.41. The van der Waals surface area contributed by atoms with Crippen molar-refractivity contribution in [3.63, 3.8) is 0 Å². The first-order valence-electron chi connectivity index (χ1n) is 6.10. The van der Waals surface area contributed by atoms with E-state index < -0.39 is 0 Å². The van der Waals surface area contributed by atoms with Crippen molar-refractivity contribution < 1.29 is 0 Å². The third-order valence-corrected chi connectivity index (χ3v) is 5.14. The third kappa shape index (κ3) is 2.69. The predicted molar refractivity (Wildman–Crippen MR) is 68.5 cm³/mol. The highest BCUT2D eigenvalue weighted by atomic mass is 32.2. The number of nitrogens with one attached hydrogen (secondary N) is 1. The lowest BCUT2D eigenvalue weighted by Crippen LogP contribution is -2.47. The number of rotatable bonds is 2. The average molecular weight is 228 g/mol. The second-order valence-corrected chi connectivity index (χ2v) is 6.78. The summed E-state index contributed by atoms with van der Waals surface area (Å²) in [5, 5.41) is 4.34. The number of hydrogen-bond acceptors (Lipinski definition) is 3. The fraction of sp³-hybridized carbons (Fsp3) is 1.00. The fourth-order valence-electron chi connectivity index (χ4n) is 2.71. The quantitative estimate of drug-likeness (QED) is 0.776. The number of piperidine rings is 1. The van der Waals surface area contributed by atoms with Gasteiger partial charge in [-0.05, 0) is 37.6 Å². The topological polar surface area (TPSA) is 15.3 Å². The molecule has 0 radical (unpaired) electrons. The van der Waals surface area contributed by atoms with Crippen molar-refractivity contribution in [1.29, 1.82) is 0 Å². The summed E-state index contributed by atoms with van der Waals surface area (Å²) in [6, 6.07) is 0.788. The van der Waals surface area contributed by atoms with Crippen LogP contribution in [-0.2, 0) is 0 Å². The zero-order valence-corrected chi connectivity index (χ0v) is 11.1. The van der Waals surface area contributed by atoms with E-state index in [4.69, 9.17) is 0 Å². The van der Waals surface area contributed by atoms with Crippen molar-refractivity contribution in [2.24, 2.45) is 5.41 Å². The molecule has 2 unspecified atom stereocenters. The summed E-state index contributed by atoms with van der Waals surface area (Å²) >= 11 is 2.03. The molecule has 0 aromatic carbocycles. The molecule has 0 saturated carbocycles. The van der Waals surface area contributed by atoms with Gasteiger partial charge in [0, 0.05) is 24.4 Å². The van der Waals surface area contributed by atoms with E-state index in [-0.39, 0.29) is 0 Å². The van der Waals surface area contributed by atoms with E-state index >= 15 is 0 Å². The van der Waals surface area contributed by atoms with Crippen molar-refractivity contribution in [3.8, 4) is 0 Å². The molecule has 88 valence electrons. The number of likely N-dealkylation sites (tertiary alicyclic amines) is 1. The maximum absolute atomic E-state index is 3.53. The monoisotopic (exact) mass is 228 g/mol. The molecule has 2 aliphatic heterocycles. The molecule has 1 N–H and O–H groups in total. The van der Waals surface area contributed by atoms with Crippen LogP contribution in [0.2, 0.25) is 0 Å². The summed E-state index contributed by atoms with van der Waals surface area (Å²) in [7, 11) is 0. The second-order valence-electron chi connectivity index (χ2n) is 5.70. The minimum atomic E-state index is 0.581. The van der Waals surface area contributed by atoms with Gasteiger partial charge >= 0.3 is 0 Å². The first-order valence-corrected chi connectivity index (χ1v) is 7.39. The minimum absolute atomic E-state index is 0.581. The molecule has 0 aromatic rings. The van der Waals surface area contributed by atoms with Crippen LogP contribution in [0.3, 0.4) is 0 Å². The Labute approximate surface area is 98.2 Å². The van der Waals surface area contributed by atoms with E-state index in [0.717, 1.165) is 11.3 Å². The molecule has 15 heavy (non-hydrogen) atoms. The molecule has 2 fully saturated rings. The van der Waals surface area contributed by atoms with Gasteiger partial charge in [-0.25, -0.2) is 0 Å². The standard InChI is InChI=1S/C12H24N2S/c1-12(2)4-6-14(7-5-12)10-8-13-9-11(10)15-3/h10-11,13H,4-9H2,1-3H3. The van der Waals surface area contributed by atoms with Gasteiger partial charge in [0.25, 0.3) is 0 Å². The largest absolute Gasteiger partial charge is 0.314 e. The predicted octanol–water partition coefficient (Wildman–Crippen LogP) is 1.81. The summed E-state index contributed by atoms with van der Waals surface area (Å²) in [6.45, 7) is 9.82. The molecule has 2 nitrogen and oxygen atoms in total. The van der Waals surface area contributed by atoms with E-state index in [1.807, 2.05) is 11.8 Å². The second kappa shape index (κ2) is 4.64. The van der Waals surface area contributed by atoms with Crippen LogP contribution >= 0.6 is 11.8 Å². The fourth-order valence-corrected chi connectivity index (χ4v) is 3.57. The van der Waals surface area contributed by atoms with Crippen molar-refractivity contribution in [2.45, 2.75) is 38.0 Å². The summed E-state index contributed by atoms with van der Waals surface area (Å²) in [5.74, 6) is 0. The van der Waals surface area contributed by atoms with Crippen LogP contribution in [-0.4, -0.2) is 48.6 Å². The maximum Gasteiger partial charge on any atom is 0.0351 e. The average Bonchev–Trinajstić information content (AvgIpc) is 2.65. The lowest BCUT2D eigenvalue weighted by atomic mass is 9.82. The molecule has 2 heterocycles. The molecule has 0 spiro atoms. The van der Waals surface area contributed by atoms with Crippen LogP contribution in [0.25, 0.3) is 0 Å². The Hall–Kier alpha value is 0.270. The minimum Gasteiger partial charge on any atom is -0.314 e. The van der Waals surface area contributed by atoms with Gasteiger partial charge in [0.1, 0.15) is 0 Å². The van der Waals surface area contributed by atoms with Gasteiger partial charge in [0.05, 0.1) is 0 Å². The highest BCUT2D eigenvalue weighted by Gasteiger charge is 2.35. The van der Waals surface area contributed by atoms with Crippen LogP contribution in [0.4, 0.5) is 0 Å². The molecular formula is C12H24N2S. The van der Waals surface area contributed by atoms with Crippen molar-refractivity contribution in [1.82, 2.24) is 10.2 Å². The highest BCUT2D eigenvalue weighted by molar-refractivity contribution is 7.99. The van der Waals surface area contributed by atoms with Crippen LogP contribution in [0.1, 0.15) is 26.7 Å². The lowest BCUT2D eigenvalue weighted by molar-refractivity contribution is 0.102. The molecule has 2 saturated heterocycles. The SMILES string of the molecule is CSC1CNCC1N1CCC(C)(C)CC1. The summed E-state index contributed by atoms with van der Waals surface area (Å²) in [4.78, 5) is 2.71. The zero-order chi connectivity index (χ0) is 10.9. The smallest absolute Gasteiger partial charge is 0.0351 e. The Morgan fingerprint density at radius 1 is 1.20 bits per heavy atom.